The largest absolute Gasteiger partial charge is 0.347 e. The molecule has 2 aliphatic rings. The van der Waals surface area contributed by atoms with E-state index in [1.54, 1.807) is 0 Å². The number of carbonyl (C=O) groups is 1. The molecule has 2 heterocycles. The summed E-state index contributed by atoms with van der Waals surface area (Å²) in [6, 6.07) is 0. The molecule has 2 saturated heterocycles. The second kappa shape index (κ2) is 6.68. The highest BCUT2D eigenvalue weighted by atomic mass is 16.7. The molecule has 0 aromatic carbocycles. The lowest BCUT2D eigenvalue weighted by Gasteiger charge is -2.37. The molecule has 110 valence electrons. The van der Waals surface area contributed by atoms with Crippen molar-refractivity contribution in [2.24, 2.45) is 0 Å². The molecule has 0 bridgehead atoms. The van der Waals surface area contributed by atoms with Gasteiger partial charge in [0, 0.05) is 38.9 Å². The lowest BCUT2D eigenvalue weighted by molar-refractivity contribution is -0.187. The van der Waals surface area contributed by atoms with Crippen LogP contribution in [0.1, 0.15) is 33.1 Å². The zero-order chi connectivity index (χ0) is 13.7. The molecule has 0 aromatic heterocycles. The van der Waals surface area contributed by atoms with E-state index in [1.807, 2.05) is 4.90 Å². The van der Waals surface area contributed by atoms with E-state index < -0.39 is 0 Å². The average molecular weight is 270 g/mol. The van der Waals surface area contributed by atoms with Crippen molar-refractivity contribution in [3.63, 3.8) is 0 Å². The van der Waals surface area contributed by atoms with Crippen LogP contribution >= 0.6 is 0 Å². The number of carbonyl (C=O) groups excluding carboxylic acids is 1. The summed E-state index contributed by atoms with van der Waals surface area (Å²) >= 11 is 0. The molecule has 0 saturated carbocycles. The Bertz CT molecular complexity index is 289. The minimum absolute atomic E-state index is 0.264. The lowest BCUT2D eigenvalue weighted by Crippen LogP contribution is -2.47. The smallest absolute Gasteiger partial charge is 0.223 e. The predicted octanol–water partition coefficient (Wildman–Crippen LogP) is 1.08. The first-order chi connectivity index (χ1) is 9.19. The Morgan fingerprint density at radius 2 is 1.74 bits per heavy atom. The van der Waals surface area contributed by atoms with Gasteiger partial charge in [-0.15, -0.1) is 0 Å². The molecule has 1 spiro atoms. The standard InChI is InChI=1S/C14H26N2O3/c1-3-15(4-2)8-5-13(17)16-9-6-14(7-10-16)18-11-12-19-14/h3-12H2,1-2H3. The average Bonchev–Trinajstić information content (AvgIpc) is 2.89. The predicted molar refractivity (Wildman–Crippen MR) is 72.9 cm³/mol. The maximum atomic E-state index is 12.2. The van der Waals surface area contributed by atoms with Crippen molar-refractivity contribution in [1.82, 2.24) is 9.80 Å². The summed E-state index contributed by atoms with van der Waals surface area (Å²) in [5, 5.41) is 0. The Morgan fingerprint density at radius 1 is 1.16 bits per heavy atom. The van der Waals surface area contributed by atoms with E-state index in [9.17, 15) is 4.79 Å². The summed E-state index contributed by atoms with van der Waals surface area (Å²) in [6.07, 6.45) is 2.24. The molecule has 0 radical (unpaired) electrons. The molecule has 0 N–H and O–H groups in total. The minimum atomic E-state index is -0.379. The highest BCUT2D eigenvalue weighted by molar-refractivity contribution is 5.76. The first kappa shape index (κ1) is 14.8. The van der Waals surface area contributed by atoms with Gasteiger partial charge in [0.2, 0.25) is 5.91 Å². The maximum absolute atomic E-state index is 12.2. The van der Waals surface area contributed by atoms with Gasteiger partial charge in [0.1, 0.15) is 0 Å². The fraction of sp³-hybridized carbons (Fsp3) is 0.929. The van der Waals surface area contributed by atoms with Crippen molar-refractivity contribution in [3.05, 3.63) is 0 Å². The summed E-state index contributed by atoms with van der Waals surface area (Å²) in [5.74, 6) is -0.116. The summed E-state index contributed by atoms with van der Waals surface area (Å²) in [7, 11) is 0. The first-order valence-electron chi connectivity index (χ1n) is 7.47. The van der Waals surface area contributed by atoms with Crippen molar-refractivity contribution in [2.75, 3.05) is 45.9 Å². The van der Waals surface area contributed by atoms with Crippen LogP contribution < -0.4 is 0 Å². The van der Waals surface area contributed by atoms with Gasteiger partial charge in [0.15, 0.2) is 5.79 Å². The van der Waals surface area contributed by atoms with Crippen LogP contribution in [0.15, 0.2) is 0 Å². The van der Waals surface area contributed by atoms with Crippen LogP contribution in [-0.2, 0) is 14.3 Å². The van der Waals surface area contributed by atoms with Gasteiger partial charge in [-0.1, -0.05) is 13.8 Å². The molecule has 2 rings (SSSR count). The quantitative estimate of drug-likeness (QED) is 0.750. The highest BCUT2D eigenvalue weighted by Gasteiger charge is 2.40. The molecule has 0 atom stereocenters. The van der Waals surface area contributed by atoms with Crippen LogP contribution in [-0.4, -0.2) is 67.4 Å². The molecule has 5 nitrogen and oxygen atoms in total. The summed E-state index contributed by atoms with van der Waals surface area (Å²) in [6.45, 7) is 10.0. The third-order valence-corrected chi connectivity index (χ3v) is 4.23. The van der Waals surface area contributed by atoms with Gasteiger partial charge in [0.05, 0.1) is 13.2 Å². The van der Waals surface area contributed by atoms with Crippen molar-refractivity contribution in [1.29, 1.82) is 0 Å². The summed E-state index contributed by atoms with van der Waals surface area (Å²) in [4.78, 5) is 16.4. The maximum Gasteiger partial charge on any atom is 0.223 e. The Balaban J connectivity index is 1.73. The number of rotatable bonds is 5. The molecule has 0 aliphatic carbocycles. The number of amides is 1. The second-order valence-electron chi connectivity index (χ2n) is 5.27. The van der Waals surface area contributed by atoms with Gasteiger partial charge >= 0.3 is 0 Å². The molecule has 0 unspecified atom stereocenters. The minimum Gasteiger partial charge on any atom is -0.347 e. The van der Waals surface area contributed by atoms with Crippen LogP contribution in [0.4, 0.5) is 0 Å². The molecule has 0 aromatic rings. The van der Waals surface area contributed by atoms with Crippen molar-refractivity contribution in [2.45, 2.75) is 38.9 Å². The Labute approximate surface area is 115 Å². The molecule has 2 aliphatic heterocycles. The van der Waals surface area contributed by atoms with E-state index in [2.05, 4.69) is 18.7 Å². The van der Waals surface area contributed by atoms with Gasteiger partial charge in [-0.3, -0.25) is 4.79 Å². The number of likely N-dealkylation sites (tertiary alicyclic amines) is 1. The number of nitrogens with zero attached hydrogens (tertiary/aromatic N) is 2. The zero-order valence-corrected chi connectivity index (χ0v) is 12.2. The first-order valence-corrected chi connectivity index (χ1v) is 7.47. The normalized spacial score (nSPS) is 22.4. The van der Waals surface area contributed by atoms with Crippen molar-refractivity contribution >= 4 is 5.91 Å². The molecular weight excluding hydrogens is 244 g/mol. The van der Waals surface area contributed by atoms with Gasteiger partial charge in [-0.2, -0.15) is 0 Å². The van der Waals surface area contributed by atoms with Crippen molar-refractivity contribution < 1.29 is 14.3 Å². The molecule has 5 heteroatoms. The number of ether oxygens (including phenoxy) is 2. The van der Waals surface area contributed by atoms with Gasteiger partial charge in [0.25, 0.3) is 0 Å². The van der Waals surface area contributed by atoms with E-state index >= 15 is 0 Å². The van der Waals surface area contributed by atoms with E-state index in [4.69, 9.17) is 9.47 Å². The Hall–Kier alpha value is -0.650. The van der Waals surface area contributed by atoms with Crippen LogP contribution in [0.25, 0.3) is 0 Å². The molecule has 19 heavy (non-hydrogen) atoms. The summed E-state index contributed by atoms with van der Waals surface area (Å²) < 4.78 is 11.3. The number of piperidine rings is 1. The van der Waals surface area contributed by atoms with E-state index in [1.165, 1.54) is 0 Å². The molecule has 1 amide bonds. The van der Waals surface area contributed by atoms with Crippen LogP contribution in [0.3, 0.4) is 0 Å². The molecular formula is C14H26N2O3. The molecule has 2 fully saturated rings. The highest BCUT2D eigenvalue weighted by Crippen LogP contribution is 2.31. The third-order valence-electron chi connectivity index (χ3n) is 4.23. The van der Waals surface area contributed by atoms with Gasteiger partial charge in [-0.25, -0.2) is 0 Å². The fourth-order valence-corrected chi connectivity index (χ4v) is 2.83. The van der Waals surface area contributed by atoms with Gasteiger partial charge in [-0.05, 0) is 13.1 Å². The summed E-state index contributed by atoms with van der Waals surface area (Å²) in [5.41, 5.74) is 0. The van der Waals surface area contributed by atoms with Crippen LogP contribution in [0.5, 0.6) is 0 Å². The van der Waals surface area contributed by atoms with Crippen LogP contribution in [0.2, 0.25) is 0 Å². The Morgan fingerprint density at radius 3 is 2.26 bits per heavy atom. The monoisotopic (exact) mass is 270 g/mol. The fourth-order valence-electron chi connectivity index (χ4n) is 2.83. The lowest BCUT2D eigenvalue weighted by atomic mass is 10.0. The van der Waals surface area contributed by atoms with E-state index in [0.29, 0.717) is 19.6 Å². The Kier molecular flexibility index (Phi) is 5.19. The van der Waals surface area contributed by atoms with E-state index in [0.717, 1.165) is 45.6 Å². The number of hydrogen-bond acceptors (Lipinski definition) is 4. The van der Waals surface area contributed by atoms with Crippen LogP contribution in [0, 0.1) is 0 Å². The topological polar surface area (TPSA) is 42.0 Å². The SMILES string of the molecule is CCN(CC)CCC(=O)N1CCC2(CC1)OCCO2. The number of hydrogen-bond donors (Lipinski definition) is 0. The third kappa shape index (κ3) is 3.68. The van der Waals surface area contributed by atoms with E-state index in [-0.39, 0.29) is 11.7 Å². The van der Waals surface area contributed by atoms with Crippen molar-refractivity contribution in [3.8, 4) is 0 Å². The zero-order valence-electron chi connectivity index (χ0n) is 12.2. The second-order valence-corrected chi connectivity index (χ2v) is 5.27. The van der Waals surface area contributed by atoms with Gasteiger partial charge < -0.3 is 19.3 Å².